The Bertz CT molecular complexity index is 471. The van der Waals surface area contributed by atoms with Gasteiger partial charge < -0.3 is 14.6 Å². The summed E-state index contributed by atoms with van der Waals surface area (Å²) in [6.07, 6.45) is 1.74. The Balaban J connectivity index is 2.09. The van der Waals surface area contributed by atoms with Crippen LogP contribution in [0, 0.1) is 0 Å². The van der Waals surface area contributed by atoms with Gasteiger partial charge >= 0.3 is 0 Å². The van der Waals surface area contributed by atoms with E-state index >= 15 is 0 Å². The number of aliphatic hydroxyl groups is 1. The first-order valence-electron chi connectivity index (χ1n) is 5.12. The number of methoxy groups -OCH3 is 1. The molecule has 0 aliphatic carbocycles. The SMILES string of the molecule is COc1ccc(OCc2nccs2)c(CO)c1. The third-order valence-corrected chi connectivity index (χ3v) is 3.03. The molecule has 0 aliphatic heterocycles. The topological polar surface area (TPSA) is 51.6 Å². The number of aromatic nitrogens is 1. The number of aliphatic hydroxyl groups excluding tert-OH is 1. The lowest BCUT2D eigenvalue weighted by molar-refractivity contribution is 0.257. The van der Waals surface area contributed by atoms with E-state index in [2.05, 4.69) is 4.98 Å². The highest BCUT2D eigenvalue weighted by atomic mass is 32.1. The van der Waals surface area contributed by atoms with Crippen LogP contribution in [-0.4, -0.2) is 17.2 Å². The van der Waals surface area contributed by atoms with Gasteiger partial charge in [0.1, 0.15) is 23.1 Å². The molecule has 0 bridgehead atoms. The fraction of sp³-hybridized carbons (Fsp3) is 0.250. The summed E-state index contributed by atoms with van der Waals surface area (Å²) in [5.74, 6) is 1.36. The second kappa shape index (κ2) is 5.65. The number of benzene rings is 1. The van der Waals surface area contributed by atoms with Crippen LogP contribution in [0.3, 0.4) is 0 Å². The molecule has 1 heterocycles. The highest BCUT2D eigenvalue weighted by Crippen LogP contribution is 2.25. The standard InChI is InChI=1S/C12H13NO3S/c1-15-10-2-3-11(9(6-10)7-14)16-8-12-13-4-5-17-12/h2-6,14H,7-8H2,1H3. The first-order valence-corrected chi connectivity index (χ1v) is 6.00. The monoisotopic (exact) mass is 251 g/mol. The zero-order chi connectivity index (χ0) is 12.1. The van der Waals surface area contributed by atoms with Crippen LogP contribution in [0.5, 0.6) is 11.5 Å². The summed E-state index contributed by atoms with van der Waals surface area (Å²) in [7, 11) is 1.59. The molecule has 17 heavy (non-hydrogen) atoms. The fourth-order valence-electron chi connectivity index (χ4n) is 1.41. The summed E-state index contributed by atoms with van der Waals surface area (Å²) in [4.78, 5) is 4.13. The number of nitrogens with zero attached hydrogens (tertiary/aromatic N) is 1. The van der Waals surface area contributed by atoms with E-state index in [-0.39, 0.29) is 6.61 Å². The summed E-state index contributed by atoms with van der Waals surface area (Å²) >= 11 is 1.54. The maximum absolute atomic E-state index is 9.25. The smallest absolute Gasteiger partial charge is 0.140 e. The van der Waals surface area contributed by atoms with Gasteiger partial charge in [-0.3, -0.25) is 0 Å². The van der Waals surface area contributed by atoms with E-state index < -0.39 is 0 Å². The van der Waals surface area contributed by atoms with Crippen molar-refractivity contribution in [1.29, 1.82) is 0 Å². The molecule has 2 aromatic rings. The third-order valence-electron chi connectivity index (χ3n) is 2.27. The van der Waals surface area contributed by atoms with Gasteiger partial charge in [-0.2, -0.15) is 0 Å². The molecule has 90 valence electrons. The van der Waals surface area contributed by atoms with Gasteiger partial charge in [0.2, 0.25) is 0 Å². The quantitative estimate of drug-likeness (QED) is 0.885. The first-order chi connectivity index (χ1) is 8.33. The summed E-state index contributed by atoms with van der Waals surface area (Å²) in [5.41, 5.74) is 0.709. The number of rotatable bonds is 5. The van der Waals surface area contributed by atoms with Gasteiger partial charge in [-0.05, 0) is 18.2 Å². The normalized spacial score (nSPS) is 10.2. The van der Waals surface area contributed by atoms with E-state index in [1.165, 1.54) is 11.3 Å². The number of thiazole rings is 1. The molecule has 5 heteroatoms. The Morgan fingerprint density at radius 1 is 1.41 bits per heavy atom. The van der Waals surface area contributed by atoms with Gasteiger partial charge in [-0.15, -0.1) is 11.3 Å². The number of hydrogen-bond acceptors (Lipinski definition) is 5. The zero-order valence-corrected chi connectivity index (χ0v) is 10.2. The minimum Gasteiger partial charge on any atom is -0.497 e. The highest BCUT2D eigenvalue weighted by Gasteiger charge is 2.06. The average Bonchev–Trinajstić information content (AvgIpc) is 2.89. The fourth-order valence-corrected chi connectivity index (χ4v) is 1.94. The minimum absolute atomic E-state index is 0.0790. The molecule has 0 unspecified atom stereocenters. The minimum atomic E-state index is -0.0790. The van der Waals surface area contributed by atoms with Crippen molar-refractivity contribution in [1.82, 2.24) is 4.98 Å². The van der Waals surface area contributed by atoms with Crippen molar-refractivity contribution in [3.05, 3.63) is 40.3 Å². The van der Waals surface area contributed by atoms with Crippen molar-refractivity contribution in [2.75, 3.05) is 7.11 Å². The molecule has 0 fully saturated rings. The molecule has 0 saturated heterocycles. The van der Waals surface area contributed by atoms with Crippen LogP contribution < -0.4 is 9.47 Å². The lowest BCUT2D eigenvalue weighted by Gasteiger charge is -2.10. The molecule has 4 nitrogen and oxygen atoms in total. The lowest BCUT2D eigenvalue weighted by Crippen LogP contribution is -1.98. The third kappa shape index (κ3) is 2.95. The Morgan fingerprint density at radius 2 is 2.29 bits per heavy atom. The maximum Gasteiger partial charge on any atom is 0.140 e. The first kappa shape index (κ1) is 11.9. The summed E-state index contributed by atoms with van der Waals surface area (Å²) < 4.78 is 10.7. The molecule has 1 aromatic carbocycles. The highest BCUT2D eigenvalue weighted by molar-refractivity contribution is 7.09. The Hall–Kier alpha value is -1.59. The van der Waals surface area contributed by atoms with Crippen LogP contribution in [0.25, 0.3) is 0 Å². The average molecular weight is 251 g/mol. The molecule has 0 aliphatic rings. The molecule has 0 spiro atoms. The van der Waals surface area contributed by atoms with Gasteiger partial charge in [0.15, 0.2) is 0 Å². The van der Waals surface area contributed by atoms with Gasteiger partial charge in [0.25, 0.3) is 0 Å². The molecular formula is C12H13NO3S. The van der Waals surface area contributed by atoms with Crippen molar-refractivity contribution in [3.63, 3.8) is 0 Å². The molecule has 2 rings (SSSR count). The Kier molecular flexibility index (Phi) is 3.95. The van der Waals surface area contributed by atoms with E-state index in [9.17, 15) is 5.11 Å². The van der Waals surface area contributed by atoms with E-state index in [0.29, 0.717) is 23.7 Å². The summed E-state index contributed by atoms with van der Waals surface area (Å²) in [6.45, 7) is 0.335. The van der Waals surface area contributed by atoms with Gasteiger partial charge in [0, 0.05) is 17.1 Å². The van der Waals surface area contributed by atoms with Crippen molar-refractivity contribution in [3.8, 4) is 11.5 Å². The summed E-state index contributed by atoms with van der Waals surface area (Å²) in [5, 5.41) is 12.1. The van der Waals surface area contributed by atoms with Crippen molar-refractivity contribution < 1.29 is 14.6 Å². The molecule has 1 N–H and O–H groups in total. The molecule has 0 atom stereocenters. The lowest BCUT2D eigenvalue weighted by atomic mass is 10.2. The zero-order valence-electron chi connectivity index (χ0n) is 9.42. The van der Waals surface area contributed by atoms with Crippen LogP contribution in [0.2, 0.25) is 0 Å². The predicted molar refractivity (Wildman–Crippen MR) is 65.4 cm³/mol. The molecule has 1 aromatic heterocycles. The molecule has 0 amide bonds. The van der Waals surface area contributed by atoms with Crippen molar-refractivity contribution >= 4 is 11.3 Å². The Labute approximate surface area is 103 Å². The molecule has 0 saturated carbocycles. The van der Waals surface area contributed by atoms with Crippen LogP contribution in [0.15, 0.2) is 29.8 Å². The second-order valence-corrected chi connectivity index (χ2v) is 4.33. The van der Waals surface area contributed by atoms with Crippen molar-refractivity contribution in [2.24, 2.45) is 0 Å². The van der Waals surface area contributed by atoms with Crippen molar-refractivity contribution in [2.45, 2.75) is 13.2 Å². The molecular weight excluding hydrogens is 238 g/mol. The van der Waals surface area contributed by atoms with Gasteiger partial charge in [-0.25, -0.2) is 4.98 Å². The van der Waals surface area contributed by atoms with Crippen LogP contribution in [0.4, 0.5) is 0 Å². The van der Waals surface area contributed by atoms with E-state index in [4.69, 9.17) is 9.47 Å². The van der Waals surface area contributed by atoms with E-state index in [0.717, 1.165) is 5.01 Å². The predicted octanol–water partition coefficient (Wildman–Crippen LogP) is 2.22. The Morgan fingerprint density at radius 3 is 2.94 bits per heavy atom. The van der Waals surface area contributed by atoms with E-state index in [1.807, 2.05) is 5.38 Å². The van der Waals surface area contributed by atoms with Crippen LogP contribution >= 0.6 is 11.3 Å². The number of ether oxygens (including phenoxy) is 2. The maximum atomic E-state index is 9.25. The molecule has 0 radical (unpaired) electrons. The number of hydrogen-bond donors (Lipinski definition) is 1. The second-order valence-electron chi connectivity index (χ2n) is 3.35. The largest absolute Gasteiger partial charge is 0.497 e. The van der Waals surface area contributed by atoms with Gasteiger partial charge in [0.05, 0.1) is 13.7 Å². The van der Waals surface area contributed by atoms with Crippen LogP contribution in [0.1, 0.15) is 10.6 Å². The van der Waals surface area contributed by atoms with Crippen LogP contribution in [-0.2, 0) is 13.2 Å². The van der Waals surface area contributed by atoms with Gasteiger partial charge in [-0.1, -0.05) is 0 Å². The van der Waals surface area contributed by atoms with E-state index in [1.54, 1.807) is 31.5 Å². The summed E-state index contributed by atoms with van der Waals surface area (Å²) in [6, 6.07) is 5.35.